The summed E-state index contributed by atoms with van der Waals surface area (Å²) in [5, 5.41) is 8.61. The number of halogens is 5. The molecule has 4 nitrogen and oxygen atoms in total. The molecule has 0 N–H and O–H groups in total. The molecule has 24 heavy (non-hydrogen) atoms. The monoisotopic (exact) mass is 345 g/mol. The Kier molecular flexibility index (Phi) is 4.78. The number of hydrogen-bond donors (Lipinski definition) is 0. The Morgan fingerprint density at radius 1 is 0.958 bits per heavy atom. The molecule has 0 spiro atoms. The molecule has 2 aromatic carbocycles. The van der Waals surface area contributed by atoms with Crippen LogP contribution in [0.25, 0.3) is 0 Å². The van der Waals surface area contributed by atoms with Crippen molar-refractivity contribution in [3.8, 4) is 29.1 Å². The second-order valence-corrected chi connectivity index (χ2v) is 4.34. The highest BCUT2D eigenvalue weighted by molar-refractivity contribution is 5.48. The van der Waals surface area contributed by atoms with E-state index in [0.29, 0.717) is 12.1 Å². The third kappa shape index (κ3) is 4.04. The van der Waals surface area contributed by atoms with Crippen molar-refractivity contribution in [1.29, 1.82) is 5.26 Å². The van der Waals surface area contributed by atoms with Crippen molar-refractivity contribution in [3.63, 3.8) is 0 Å². The maximum Gasteiger partial charge on any atom is 0.573 e. The zero-order valence-corrected chi connectivity index (χ0v) is 11.9. The van der Waals surface area contributed by atoms with Crippen molar-refractivity contribution in [1.82, 2.24) is 0 Å². The van der Waals surface area contributed by atoms with Gasteiger partial charge in [0.05, 0.1) is 12.7 Å². The van der Waals surface area contributed by atoms with Gasteiger partial charge in [0.2, 0.25) is 0 Å². The summed E-state index contributed by atoms with van der Waals surface area (Å²) >= 11 is 0. The Bertz CT molecular complexity index is 799. The standard InChI is InChI=1S/C15H8F5NO3/c1-22-14-5-9(24-15(18,19)20)2-3-12(14)23-13-6-10(16)8(7-21)4-11(13)17/h2-6H,1H3. The molecule has 9 heteroatoms. The van der Waals surface area contributed by atoms with Crippen molar-refractivity contribution >= 4 is 0 Å². The molecule has 0 radical (unpaired) electrons. The minimum absolute atomic E-state index is 0.171. The Hall–Kier alpha value is -3.02. The van der Waals surface area contributed by atoms with Gasteiger partial charge in [-0.1, -0.05) is 0 Å². The largest absolute Gasteiger partial charge is 0.573 e. The number of hydrogen-bond acceptors (Lipinski definition) is 4. The smallest absolute Gasteiger partial charge is 0.493 e. The van der Waals surface area contributed by atoms with Crippen molar-refractivity contribution < 1.29 is 36.2 Å². The first kappa shape index (κ1) is 17.3. The molecule has 0 aliphatic carbocycles. The zero-order chi connectivity index (χ0) is 17.9. The molecule has 0 saturated carbocycles. The van der Waals surface area contributed by atoms with Crippen LogP contribution in [0.15, 0.2) is 30.3 Å². The molecule has 0 fully saturated rings. The van der Waals surface area contributed by atoms with E-state index in [4.69, 9.17) is 14.7 Å². The van der Waals surface area contributed by atoms with Gasteiger partial charge in [-0.15, -0.1) is 13.2 Å². The topological polar surface area (TPSA) is 51.5 Å². The lowest BCUT2D eigenvalue weighted by atomic mass is 10.2. The number of benzene rings is 2. The summed E-state index contributed by atoms with van der Waals surface area (Å²) in [6.45, 7) is 0. The first-order chi connectivity index (χ1) is 11.2. The summed E-state index contributed by atoms with van der Waals surface area (Å²) in [6.07, 6.45) is -4.89. The van der Waals surface area contributed by atoms with E-state index < -0.39 is 35.1 Å². The number of rotatable bonds is 4. The van der Waals surface area contributed by atoms with Crippen LogP contribution in [-0.2, 0) is 0 Å². The molecule has 0 amide bonds. The molecule has 2 aromatic rings. The first-order valence-corrected chi connectivity index (χ1v) is 6.24. The van der Waals surface area contributed by atoms with Crippen LogP contribution in [0.3, 0.4) is 0 Å². The van der Waals surface area contributed by atoms with Crippen LogP contribution >= 0.6 is 0 Å². The summed E-state index contributed by atoms with van der Waals surface area (Å²) in [7, 11) is 1.15. The molecule has 0 aliphatic rings. The average Bonchev–Trinajstić information content (AvgIpc) is 2.50. The number of ether oxygens (including phenoxy) is 3. The normalized spacial score (nSPS) is 10.9. The molecule has 0 bridgehead atoms. The van der Waals surface area contributed by atoms with Crippen LogP contribution in [0.2, 0.25) is 0 Å². The second-order valence-electron chi connectivity index (χ2n) is 4.34. The number of alkyl halides is 3. The number of methoxy groups -OCH3 is 1. The SMILES string of the molecule is COc1cc(OC(F)(F)F)ccc1Oc1cc(F)c(C#N)cc1F. The first-order valence-electron chi connectivity index (χ1n) is 6.24. The highest BCUT2D eigenvalue weighted by atomic mass is 19.4. The Morgan fingerprint density at radius 2 is 1.67 bits per heavy atom. The van der Waals surface area contributed by atoms with E-state index >= 15 is 0 Å². The van der Waals surface area contributed by atoms with Crippen LogP contribution in [0.1, 0.15) is 5.56 Å². The summed E-state index contributed by atoms with van der Waals surface area (Å²) in [5.41, 5.74) is -0.513. The highest BCUT2D eigenvalue weighted by Gasteiger charge is 2.31. The minimum atomic E-state index is -4.89. The van der Waals surface area contributed by atoms with Crippen molar-refractivity contribution in [2.75, 3.05) is 7.11 Å². The molecule has 0 aromatic heterocycles. The van der Waals surface area contributed by atoms with E-state index in [1.54, 1.807) is 0 Å². The lowest BCUT2D eigenvalue weighted by Gasteiger charge is -2.14. The Labute approximate surface area is 132 Å². The minimum Gasteiger partial charge on any atom is -0.493 e. The zero-order valence-electron chi connectivity index (χ0n) is 11.9. The third-order valence-electron chi connectivity index (χ3n) is 2.73. The van der Waals surface area contributed by atoms with E-state index in [9.17, 15) is 22.0 Å². The van der Waals surface area contributed by atoms with E-state index in [0.717, 1.165) is 25.3 Å². The molecule has 126 valence electrons. The van der Waals surface area contributed by atoms with Gasteiger partial charge in [-0.2, -0.15) is 5.26 Å². The maximum absolute atomic E-state index is 13.8. The van der Waals surface area contributed by atoms with Crippen molar-refractivity contribution in [2.24, 2.45) is 0 Å². The summed E-state index contributed by atoms with van der Waals surface area (Å²) in [5.74, 6) is -3.53. The van der Waals surface area contributed by atoms with Crippen molar-refractivity contribution in [2.45, 2.75) is 6.36 Å². The third-order valence-corrected chi connectivity index (χ3v) is 2.73. The molecule has 0 atom stereocenters. The van der Waals surface area contributed by atoms with E-state index in [2.05, 4.69) is 4.74 Å². The predicted molar refractivity (Wildman–Crippen MR) is 70.8 cm³/mol. The molecule has 2 rings (SSSR count). The predicted octanol–water partition coefficient (Wildman–Crippen LogP) is 4.54. The van der Waals surface area contributed by atoms with Gasteiger partial charge < -0.3 is 14.2 Å². The molecular weight excluding hydrogens is 337 g/mol. The fraction of sp³-hybridized carbons (Fsp3) is 0.133. The molecule has 0 heterocycles. The van der Waals surface area contributed by atoms with E-state index in [-0.39, 0.29) is 11.5 Å². The summed E-state index contributed by atoms with van der Waals surface area (Å²) < 4.78 is 77.5. The van der Waals surface area contributed by atoms with Crippen LogP contribution < -0.4 is 14.2 Å². The van der Waals surface area contributed by atoms with Crippen LogP contribution in [0.5, 0.6) is 23.0 Å². The second kappa shape index (κ2) is 6.62. The van der Waals surface area contributed by atoms with E-state index in [1.165, 1.54) is 6.07 Å². The lowest BCUT2D eigenvalue weighted by molar-refractivity contribution is -0.274. The lowest BCUT2D eigenvalue weighted by Crippen LogP contribution is -2.17. The van der Waals surface area contributed by atoms with Crippen LogP contribution in [0.4, 0.5) is 22.0 Å². The summed E-state index contributed by atoms with van der Waals surface area (Å²) in [4.78, 5) is 0. The van der Waals surface area contributed by atoms with Gasteiger partial charge in [0.15, 0.2) is 23.1 Å². The molecular formula is C15H8F5NO3. The Balaban J connectivity index is 2.33. The maximum atomic E-state index is 13.8. The van der Waals surface area contributed by atoms with Gasteiger partial charge in [0.25, 0.3) is 0 Å². The molecule has 0 unspecified atom stereocenters. The van der Waals surface area contributed by atoms with Gasteiger partial charge in [-0.25, -0.2) is 8.78 Å². The van der Waals surface area contributed by atoms with Crippen LogP contribution in [0, 0.1) is 23.0 Å². The van der Waals surface area contributed by atoms with Gasteiger partial charge in [0, 0.05) is 12.1 Å². The number of nitriles is 1. The summed E-state index contributed by atoms with van der Waals surface area (Å²) in [6, 6.07) is 5.58. The van der Waals surface area contributed by atoms with Crippen molar-refractivity contribution in [3.05, 3.63) is 47.5 Å². The van der Waals surface area contributed by atoms with Crippen LogP contribution in [-0.4, -0.2) is 13.5 Å². The van der Waals surface area contributed by atoms with Gasteiger partial charge >= 0.3 is 6.36 Å². The van der Waals surface area contributed by atoms with Gasteiger partial charge in [-0.05, 0) is 18.2 Å². The molecule has 0 saturated heterocycles. The van der Waals surface area contributed by atoms with E-state index in [1.807, 2.05) is 0 Å². The number of nitrogens with zero attached hydrogens (tertiary/aromatic N) is 1. The molecule has 0 aliphatic heterocycles. The fourth-order valence-corrected chi connectivity index (χ4v) is 1.74. The highest BCUT2D eigenvalue weighted by Crippen LogP contribution is 2.37. The van der Waals surface area contributed by atoms with Gasteiger partial charge in [0.1, 0.15) is 17.6 Å². The average molecular weight is 345 g/mol. The quantitative estimate of drug-likeness (QED) is 0.764. The Morgan fingerprint density at radius 3 is 2.25 bits per heavy atom. The van der Waals surface area contributed by atoms with Gasteiger partial charge in [-0.3, -0.25) is 0 Å². The fourth-order valence-electron chi connectivity index (χ4n) is 1.74.